The van der Waals surface area contributed by atoms with E-state index in [-0.39, 0.29) is 11.4 Å². The molecular formula is C19H26N4OS. The maximum absolute atomic E-state index is 12.3. The van der Waals surface area contributed by atoms with Crippen molar-refractivity contribution < 1.29 is 4.79 Å². The zero-order valence-electron chi connectivity index (χ0n) is 15.2. The van der Waals surface area contributed by atoms with Gasteiger partial charge in [-0.15, -0.1) is 11.3 Å². The number of carbonyl (C=O) groups is 1. The van der Waals surface area contributed by atoms with Crippen LogP contribution < -0.4 is 10.2 Å². The van der Waals surface area contributed by atoms with Crippen molar-refractivity contribution >= 4 is 23.1 Å². The van der Waals surface area contributed by atoms with Gasteiger partial charge in [0.2, 0.25) is 0 Å². The monoisotopic (exact) mass is 358 g/mol. The van der Waals surface area contributed by atoms with Crippen LogP contribution in [0.3, 0.4) is 0 Å². The number of hydrogen-bond donors (Lipinski definition) is 1. The van der Waals surface area contributed by atoms with Gasteiger partial charge in [0.25, 0.3) is 5.91 Å². The zero-order valence-corrected chi connectivity index (χ0v) is 16.0. The Balaban J connectivity index is 1.70. The zero-order chi connectivity index (χ0) is 17.9. The number of nitrogens with one attached hydrogen (secondary N) is 1. The van der Waals surface area contributed by atoms with E-state index in [1.54, 1.807) is 0 Å². The number of nitrogens with zero attached hydrogens (tertiary/aromatic N) is 3. The average Bonchev–Trinajstić information content (AvgIpc) is 3.13. The quantitative estimate of drug-likeness (QED) is 0.874. The molecule has 1 aliphatic rings. The lowest BCUT2D eigenvalue weighted by Crippen LogP contribution is -2.42. The number of hydrogen-bond acceptors (Lipinski definition) is 5. The number of anilines is 1. The standard InChI is InChI=1S/C19H26N4OS/c1-4-19(2,3)22-17(24)15-13-25-18(21-15)14-8-9-16(20-12-14)23-10-6-5-7-11-23/h8-9,12-13H,4-7,10-11H2,1-3H3,(H,22,24). The van der Waals surface area contributed by atoms with Crippen LogP contribution in [0.15, 0.2) is 23.7 Å². The molecule has 0 unspecified atom stereocenters. The van der Waals surface area contributed by atoms with Gasteiger partial charge in [-0.3, -0.25) is 4.79 Å². The van der Waals surface area contributed by atoms with E-state index in [0.29, 0.717) is 5.69 Å². The molecule has 0 saturated carbocycles. The first-order valence-electron chi connectivity index (χ1n) is 8.98. The Kier molecular flexibility index (Phi) is 5.37. The Hall–Kier alpha value is -1.95. The average molecular weight is 359 g/mol. The van der Waals surface area contributed by atoms with Crippen LogP contribution in [0, 0.1) is 0 Å². The predicted molar refractivity (Wildman–Crippen MR) is 103 cm³/mol. The lowest BCUT2D eigenvalue weighted by Gasteiger charge is -2.27. The third kappa shape index (κ3) is 4.37. The van der Waals surface area contributed by atoms with Gasteiger partial charge in [0.15, 0.2) is 0 Å². The van der Waals surface area contributed by atoms with Crippen molar-refractivity contribution in [1.29, 1.82) is 0 Å². The van der Waals surface area contributed by atoms with Crippen molar-refractivity contribution in [3.63, 3.8) is 0 Å². The summed E-state index contributed by atoms with van der Waals surface area (Å²) in [6.45, 7) is 8.26. The van der Waals surface area contributed by atoms with E-state index in [1.807, 2.05) is 31.5 Å². The van der Waals surface area contributed by atoms with Gasteiger partial charge in [-0.1, -0.05) is 6.92 Å². The molecule has 3 rings (SSSR count). The third-order valence-corrected chi connectivity index (χ3v) is 5.64. The molecule has 0 radical (unpaired) electrons. The molecule has 6 heteroatoms. The molecule has 25 heavy (non-hydrogen) atoms. The topological polar surface area (TPSA) is 58.1 Å². The fraction of sp³-hybridized carbons (Fsp3) is 0.526. The van der Waals surface area contributed by atoms with E-state index in [0.717, 1.165) is 35.9 Å². The van der Waals surface area contributed by atoms with Crippen LogP contribution >= 0.6 is 11.3 Å². The van der Waals surface area contributed by atoms with Gasteiger partial charge >= 0.3 is 0 Å². The van der Waals surface area contributed by atoms with Crippen molar-refractivity contribution in [3.8, 4) is 10.6 Å². The van der Waals surface area contributed by atoms with E-state index >= 15 is 0 Å². The van der Waals surface area contributed by atoms with Crippen molar-refractivity contribution in [2.75, 3.05) is 18.0 Å². The summed E-state index contributed by atoms with van der Waals surface area (Å²) in [4.78, 5) is 23.8. The Morgan fingerprint density at radius 1 is 1.28 bits per heavy atom. The molecule has 1 aliphatic heterocycles. The largest absolute Gasteiger partial charge is 0.357 e. The Bertz CT molecular complexity index is 717. The third-order valence-electron chi connectivity index (χ3n) is 4.75. The highest BCUT2D eigenvalue weighted by Crippen LogP contribution is 2.26. The molecular weight excluding hydrogens is 332 g/mol. The highest BCUT2D eigenvalue weighted by Gasteiger charge is 2.21. The molecule has 5 nitrogen and oxygen atoms in total. The van der Waals surface area contributed by atoms with E-state index < -0.39 is 0 Å². The number of carbonyl (C=O) groups excluding carboxylic acids is 1. The van der Waals surface area contributed by atoms with Crippen LogP contribution in [0.5, 0.6) is 0 Å². The fourth-order valence-corrected chi connectivity index (χ4v) is 3.58. The summed E-state index contributed by atoms with van der Waals surface area (Å²) in [5, 5.41) is 5.67. The molecule has 3 heterocycles. The summed E-state index contributed by atoms with van der Waals surface area (Å²) in [5.41, 5.74) is 1.21. The normalized spacial score (nSPS) is 15.2. The molecule has 0 atom stereocenters. The van der Waals surface area contributed by atoms with E-state index in [4.69, 9.17) is 0 Å². The maximum atomic E-state index is 12.3. The van der Waals surface area contributed by atoms with Crippen molar-refractivity contribution in [2.24, 2.45) is 0 Å². The predicted octanol–water partition coefficient (Wildman–Crippen LogP) is 4.11. The van der Waals surface area contributed by atoms with Gasteiger partial charge in [-0.05, 0) is 51.7 Å². The summed E-state index contributed by atoms with van der Waals surface area (Å²) in [6, 6.07) is 4.11. The molecule has 0 spiro atoms. The van der Waals surface area contributed by atoms with Crippen molar-refractivity contribution in [1.82, 2.24) is 15.3 Å². The van der Waals surface area contributed by atoms with Crippen molar-refractivity contribution in [2.45, 2.75) is 52.0 Å². The summed E-state index contributed by atoms with van der Waals surface area (Å²) in [6.07, 6.45) is 6.52. The second kappa shape index (κ2) is 7.52. The van der Waals surface area contributed by atoms with E-state index in [1.165, 1.54) is 30.6 Å². The van der Waals surface area contributed by atoms with Crippen LogP contribution in [0.1, 0.15) is 56.9 Å². The highest BCUT2D eigenvalue weighted by molar-refractivity contribution is 7.13. The minimum absolute atomic E-state index is 0.118. The van der Waals surface area contributed by atoms with Crippen LogP contribution in [0.4, 0.5) is 5.82 Å². The summed E-state index contributed by atoms with van der Waals surface area (Å²) in [7, 11) is 0. The first-order valence-corrected chi connectivity index (χ1v) is 9.86. The number of rotatable bonds is 5. The van der Waals surface area contributed by atoms with Gasteiger partial charge in [0, 0.05) is 35.8 Å². The highest BCUT2D eigenvalue weighted by atomic mass is 32.1. The number of piperidine rings is 1. The van der Waals surface area contributed by atoms with Crippen LogP contribution in [0.2, 0.25) is 0 Å². The molecule has 0 aromatic carbocycles. The molecule has 1 N–H and O–H groups in total. The minimum Gasteiger partial charge on any atom is -0.357 e. The molecule has 2 aromatic heterocycles. The van der Waals surface area contributed by atoms with Crippen LogP contribution in [-0.4, -0.2) is 34.5 Å². The number of pyridine rings is 1. The summed E-state index contributed by atoms with van der Waals surface area (Å²) >= 11 is 1.48. The summed E-state index contributed by atoms with van der Waals surface area (Å²) in [5.74, 6) is 0.912. The van der Waals surface area contributed by atoms with Gasteiger partial charge in [-0.25, -0.2) is 9.97 Å². The number of thiazole rings is 1. The van der Waals surface area contributed by atoms with Gasteiger partial charge < -0.3 is 10.2 Å². The second-order valence-corrected chi connectivity index (χ2v) is 8.04. The first kappa shape index (κ1) is 17.9. The Morgan fingerprint density at radius 3 is 2.68 bits per heavy atom. The molecule has 1 fully saturated rings. The second-order valence-electron chi connectivity index (χ2n) is 7.18. The maximum Gasteiger partial charge on any atom is 0.271 e. The molecule has 0 bridgehead atoms. The van der Waals surface area contributed by atoms with Crippen molar-refractivity contribution in [3.05, 3.63) is 29.4 Å². The van der Waals surface area contributed by atoms with Gasteiger partial charge in [0.05, 0.1) is 0 Å². The number of amides is 1. The Labute approximate surface area is 153 Å². The number of aromatic nitrogens is 2. The van der Waals surface area contributed by atoms with E-state index in [9.17, 15) is 4.79 Å². The van der Waals surface area contributed by atoms with Gasteiger partial charge in [-0.2, -0.15) is 0 Å². The Morgan fingerprint density at radius 2 is 2.04 bits per heavy atom. The summed E-state index contributed by atoms with van der Waals surface area (Å²) < 4.78 is 0. The molecule has 0 aliphatic carbocycles. The SMILES string of the molecule is CCC(C)(C)NC(=O)c1csc(-c2ccc(N3CCCCC3)nc2)n1. The lowest BCUT2D eigenvalue weighted by atomic mass is 10.0. The van der Waals surface area contributed by atoms with Crippen LogP contribution in [0.25, 0.3) is 10.6 Å². The molecule has 1 saturated heterocycles. The molecule has 2 aromatic rings. The molecule has 134 valence electrons. The minimum atomic E-state index is -0.224. The van der Waals surface area contributed by atoms with Crippen LogP contribution in [-0.2, 0) is 0 Å². The fourth-order valence-electron chi connectivity index (χ4n) is 2.79. The smallest absolute Gasteiger partial charge is 0.271 e. The van der Waals surface area contributed by atoms with E-state index in [2.05, 4.69) is 33.2 Å². The van der Waals surface area contributed by atoms with Gasteiger partial charge in [0.1, 0.15) is 16.5 Å². The first-order chi connectivity index (χ1) is 12.0. The molecule has 1 amide bonds. The lowest BCUT2D eigenvalue weighted by molar-refractivity contribution is 0.0907.